The predicted octanol–water partition coefficient (Wildman–Crippen LogP) is 0.894. The molecule has 1 saturated heterocycles. The smallest absolute Gasteiger partial charge is 0.243 e. The highest BCUT2D eigenvalue weighted by molar-refractivity contribution is 7.89. The van der Waals surface area contributed by atoms with Gasteiger partial charge in [0.25, 0.3) is 0 Å². The van der Waals surface area contributed by atoms with Crippen LogP contribution in [0.1, 0.15) is 19.4 Å². The first kappa shape index (κ1) is 15.5. The number of sulfonamides is 1. The summed E-state index contributed by atoms with van der Waals surface area (Å²) in [4.78, 5) is 13.9. The molecule has 1 fully saturated rings. The van der Waals surface area contributed by atoms with E-state index in [0.717, 1.165) is 5.56 Å². The van der Waals surface area contributed by atoms with E-state index in [9.17, 15) is 13.2 Å². The van der Waals surface area contributed by atoms with E-state index in [4.69, 9.17) is 0 Å². The molecule has 0 aromatic heterocycles. The molecule has 0 saturated carbocycles. The molecular weight excluding hydrogens is 302 g/mol. The van der Waals surface area contributed by atoms with Crippen LogP contribution in [0.2, 0.25) is 0 Å². The number of carbonyl (C=O) groups excluding carboxylic acids is 1. The fraction of sp³-hybridized carbons (Fsp3) is 0.533. The third-order valence-electron chi connectivity index (χ3n) is 4.67. The summed E-state index contributed by atoms with van der Waals surface area (Å²) in [7, 11) is -1.50. The Morgan fingerprint density at radius 3 is 2.45 bits per heavy atom. The molecular formula is C15H21N3O3S. The second-order valence-corrected chi connectivity index (χ2v) is 8.17. The molecule has 2 aliphatic rings. The summed E-state index contributed by atoms with van der Waals surface area (Å²) >= 11 is 0. The van der Waals surface area contributed by atoms with Crippen LogP contribution in [0.3, 0.4) is 0 Å². The maximum Gasteiger partial charge on any atom is 0.243 e. The first-order chi connectivity index (χ1) is 10.3. The van der Waals surface area contributed by atoms with Gasteiger partial charge in [0.1, 0.15) is 0 Å². The standard InChI is InChI=1S/C15H21N3O3S/c1-10-8-18(9-11(2)17(10)3)22(20,21)13-4-5-14-12(6-13)7-15(19)16-14/h4-6,10-11H,7-9H2,1-3H3,(H,16,19). The lowest BCUT2D eigenvalue weighted by Gasteiger charge is -2.41. The zero-order chi connectivity index (χ0) is 16.1. The lowest BCUT2D eigenvalue weighted by Crippen LogP contribution is -2.56. The topological polar surface area (TPSA) is 69.7 Å². The van der Waals surface area contributed by atoms with Crippen LogP contribution in [0.4, 0.5) is 5.69 Å². The Morgan fingerprint density at radius 2 is 1.82 bits per heavy atom. The fourth-order valence-electron chi connectivity index (χ4n) is 3.07. The molecule has 0 bridgehead atoms. The van der Waals surface area contributed by atoms with Gasteiger partial charge >= 0.3 is 0 Å². The lowest BCUT2D eigenvalue weighted by atomic mass is 10.1. The molecule has 2 atom stereocenters. The van der Waals surface area contributed by atoms with Crippen molar-refractivity contribution in [3.63, 3.8) is 0 Å². The Balaban J connectivity index is 1.91. The van der Waals surface area contributed by atoms with Crippen molar-refractivity contribution in [2.45, 2.75) is 37.2 Å². The number of hydrogen-bond donors (Lipinski definition) is 1. The number of carbonyl (C=O) groups is 1. The van der Waals surface area contributed by atoms with Gasteiger partial charge in [0.2, 0.25) is 15.9 Å². The SMILES string of the molecule is CC1CN(S(=O)(=O)c2ccc3c(c2)CC(=O)N3)CC(C)N1C. The Morgan fingerprint density at radius 1 is 1.18 bits per heavy atom. The fourth-order valence-corrected chi connectivity index (χ4v) is 4.72. The van der Waals surface area contributed by atoms with Crippen LogP contribution in [0, 0.1) is 0 Å². The summed E-state index contributed by atoms with van der Waals surface area (Å²) in [6.07, 6.45) is 0.244. The van der Waals surface area contributed by atoms with Crippen molar-refractivity contribution in [3.05, 3.63) is 23.8 Å². The maximum atomic E-state index is 12.9. The summed E-state index contributed by atoms with van der Waals surface area (Å²) in [6, 6.07) is 5.23. The molecule has 0 radical (unpaired) electrons. The average molecular weight is 323 g/mol. The molecule has 2 aliphatic heterocycles. The van der Waals surface area contributed by atoms with E-state index < -0.39 is 10.0 Å². The van der Waals surface area contributed by atoms with Gasteiger partial charge < -0.3 is 5.32 Å². The number of benzene rings is 1. The van der Waals surface area contributed by atoms with E-state index in [1.54, 1.807) is 22.5 Å². The number of amides is 1. The minimum Gasteiger partial charge on any atom is -0.326 e. The Bertz CT molecular complexity index is 705. The molecule has 120 valence electrons. The minimum absolute atomic E-state index is 0.0913. The third kappa shape index (κ3) is 2.53. The van der Waals surface area contributed by atoms with E-state index in [0.29, 0.717) is 18.8 Å². The molecule has 2 heterocycles. The number of fused-ring (bicyclic) bond motifs is 1. The highest BCUT2D eigenvalue weighted by Gasteiger charge is 2.35. The van der Waals surface area contributed by atoms with Gasteiger partial charge in [-0.05, 0) is 44.7 Å². The van der Waals surface area contributed by atoms with Gasteiger partial charge in [-0.25, -0.2) is 8.42 Å². The van der Waals surface area contributed by atoms with Crippen LogP contribution in [0.15, 0.2) is 23.1 Å². The summed E-state index contributed by atoms with van der Waals surface area (Å²) < 4.78 is 27.3. The second-order valence-electron chi connectivity index (χ2n) is 6.23. The molecule has 2 unspecified atom stereocenters. The number of anilines is 1. The van der Waals surface area contributed by atoms with Crippen molar-refractivity contribution in [1.29, 1.82) is 0 Å². The molecule has 6 nitrogen and oxygen atoms in total. The summed E-state index contributed by atoms with van der Waals surface area (Å²) in [5, 5.41) is 2.72. The molecule has 7 heteroatoms. The molecule has 1 N–H and O–H groups in total. The van der Waals surface area contributed by atoms with Crippen LogP contribution in [0.25, 0.3) is 0 Å². The van der Waals surface area contributed by atoms with E-state index in [1.807, 2.05) is 20.9 Å². The zero-order valence-electron chi connectivity index (χ0n) is 13.0. The van der Waals surface area contributed by atoms with Crippen LogP contribution < -0.4 is 5.32 Å². The first-order valence-corrected chi connectivity index (χ1v) is 8.88. The molecule has 1 aromatic carbocycles. The van der Waals surface area contributed by atoms with Gasteiger partial charge in [-0.2, -0.15) is 4.31 Å². The van der Waals surface area contributed by atoms with Crippen molar-refractivity contribution >= 4 is 21.6 Å². The molecule has 22 heavy (non-hydrogen) atoms. The number of likely N-dealkylation sites (N-methyl/N-ethyl adjacent to an activating group) is 1. The number of nitrogens with one attached hydrogen (secondary N) is 1. The van der Waals surface area contributed by atoms with Crippen molar-refractivity contribution in [3.8, 4) is 0 Å². The van der Waals surface area contributed by atoms with Crippen LogP contribution >= 0.6 is 0 Å². The number of rotatable bonds is 2. The highest BCUT2D eigenvalue weighted by Crippen LogP contribution is 2.28. The predicted molar refractivity (Wildman–Crippen MR) is 84.2 cm³/mol. The van der Waals surface area contributed by atoms with Crippen LogP contribution in [-0.4, -0.2) is 55.8 Å². The molecule has 1 aromatic rings. The quantitative estimate of drug-likeness (QED) is 0.878. The normalized spacial score (nSPS) is 26.8. The van der Waals surface area contributed by atoms with Crippen LogP contribution in [-0.2, 0) is 21.2 Å². The lowest BCUT2D eigenvalue weighted by molar-refractivity contribution is -0.115. The average Bonchev–Trinajstić information content (AvgIpc) is 2.83. The van der Waals surface area contributed by atoms with E-state index >= 15 is 0 Å². The Labute approximate surface area is 131 Å². The summed E-state index contributed by atoms with van der Waals surface area (Å²) in [6.45, 7) is 5.03. The third-order valence-corrected chi connectivity index (χ3v) is 6.49. The van der Waals surface area contributed by atoms with Gasteiger partial charge in [-0.15, -0.1) is 0 Å². The monoisotopic (exact) mass is 323 g/mol. The molecule has 0 spiro atoms. The zero-order valence-corrected chi connectivity index (χ0v) is 13.9. The highest BCUT2D eigenvalue weighted by atomic mass is 32.2. The van der Waals surface area contributed by atoms with Gasteiger partial charge in [0, 0.05) is 30.9 Å². The molecule has 3 rings (SSSR count). The van der Waals surface area contributed by atoms with Gasteiger partial charge in [0.15, 0.2) is 0 Å². The number of nitrogens with zero attached hydrogens (tertiary/aromatic N) is 2. The van der Waals surface area contributed by atoms with E-state index in [-0.39, 0.29) is 29.3 Å². The van der Waals surface area contributed by atoms with Crippen LogP contribution in [0.5, 0.6) is 0 Å². The second kappa shape index (κ2) is 5.33. The Hall–Kier alpha value is -1.44. The minimum atomic E-state index is -3.52. The van der Waals surface area contributed by atoms with E-state index in [1.165, 1.54) is 0 Å². The maximum absolute atomic E-state index is 12.9. The molecule has 0 aliphatic carbocycles. The van der Waals surface area contributed by atoms with Gasteiger partial charge in [0.05, 0.1) is 11.3 Å². The number of hydrogen-bond acceptors (Lipinski definition) is 4. The summed E-state index contributed by atoms with van der Waals surface area (Å²) in [5.41, 5.74) is 1.46. The van der Waals surface area contributed by atoms with Crippen molar-refractivity contribution in [2.24, 2.45) is 0 Å². The Kier molecular flexibility index (Phi) is 3.74. The van der Waals surface area contributed by atoms with Crippen molar-refractivity contribution < 1.29 is 13.2 Å². The largest absolute Gasteiger partial charge is 0.326 e. The van der Waals surface area contributed by atoms with Crippen molar-refractivity contribution in [2.75, 3.05) is 25.5 Å². The number of piperazine rings is 1. The van der Waals surface area contributed by atoms with Gasteiger partial charge in [-0.3, -0.25) is 9.69 Å². The first-order valence-electron chi connectivity index (χ1n) is 7.44. The summed E-state index contributed by atoms with van der Waals surface area (Å²) in [5.74, 6) is -0.0913. The van der Waals surface area contributed by atoms with E-state index in [2.05, 4.69) is 10.2 Å². The van der Waals surface area contributed by atoms with Crippen molar-refractivity contribution in [1.82, 2.24) is 9.21 Å². The molecule has 1 amide bonds. The van der Waals surface area contributed by atoms with Gasteiger partial charge in [-0.1, -0.05) is 0 Å².